The van der Waals surface area contributed by atoms with Crippen molar-refractivity contribution in [3.8, 4) is 0 Å². The zero-order valence-electron chi connectivity index (χ0n) is 7.93. The minimum absolute atomic E-state index is 0.215. The minimum atomic E-state index is 0.215. The molecule has 1 saturated carbocycles. The Morgan fingerprint density at radius 2 is 2.09 bits per heavy atom. The maximum absolute atomic E-state index is 9.21. The summed E-state index contributed by atoms with van der Waals surface area (Å²) >= 11 is 0. The van der Waals surface area contributed by atoms with Gasteiger partial charge < -0.3 is 5.11 Å². The van der Waals surface area contributed by atoms with E-state index in [0.717, 1.165) is 5.92 Å². The van der Waals surface area contributed by atoms with Gasteiger partial charge in [-0.05, 0) is 30.1 Å². The Morgan fingerprint density at radius 1 is 1.45 bits per heavy atom. The van der Waals surface area contributed by atoms with Crippen molar-refractivity contribution in [2.24, 2.45) is 17.3 Å². The zero-order chi connectivity index (χ0) is 8.48. The standard InChI is InChI=1S/C10H20O/c1-8-4-5-10(3,7-11)9(2)6-8/h8-9,11H,4-7H2,1-3H3/t8-,9+,10-/m0/s1. The van der Waals surface area contributed by atoms with Crippen LogP contribution in [-0.2, 0) is 0 Å². The SMILES string of the molecule is C[C@H]1CC[C@@](C)(CO)[C@H](C)C1. The highest BCUT2D eigenvalue weighted by atomic mass is 16.3. The van der Waals surface area contributed by atoms with Crippen molar-refractivity contribution >= 4 is 0 Å². The van der Waals surface area contributed by atoms with Crippen LogP contribution in [0.4, 0.5) is 0 Å². The maximum atomic E-state index is 9.21. The molecule has 1 fully saturated rings. The second-order valence-electron chi connectivity index (χ2n) is 4.59. The van der Waals surface area contributed by atoms with Crippen LogP contribution < -0.4 is 0 Å². The van der Waals surface area contributed by atoms with Gasteiger partial charge in [0.05, 0.1) is 0 Å². The second kappa shape index (κ2) is 3.14. The third-order valence-corrected chi connectivity index (χ3v) is 3.52. The fraction of sp³-hybridized carbons (Fsp3) is 1.00. The summed E-state index contributed by atoms with van der Waals surface area (Å²) in [5.41, 5.74) is 0.215. The number of hydrogen-bond acceptors (Lipinski definition) is 1. The van der Waals surface area contributed by atoms with Gasteiger partial charge in [-0.25, -0.2) is 0 Å². The van der Waals surface area contributed by atoms with E-state index >= 15 is 0 Å². The Morgan fingerprint density at radius 3 is 2.55 bits per heavy atom. The minimum Gasteiger partial charge on any atom is -0.396 e. The lowest BCUT2D eigenvalue weighted by Crippen LogP contribution is -2.34. The average molecular weight is 156 g/mol. The number of aliphatic hydroxyl groups is 1. The van der Waals surface area contributed by atoms with E-state index in [1.54, 1.807) is 0 Å². The Bertz CT molecular complexity index is 133. The highest BCUT2D eigenvalue weighted by Crippen LogP contribution is 2.42. The second-order valence-corrected chi connectivity index (χ2v) is 4.59. The predicted octanol–water partition coefficient (Wildman–Crippen LogP) is 2.44. The van der Waals surface area contributed by atoms with Gasteiger partial charge in [-0.3, -0.25) is 0 Å². The molecule has 0 radical (unpaired) electrons. The van der Waals surface area contributed by atoms with Crippen LogP contribution in [0.1, 0.15) is 40.0 Å². The number of aliphatic hydroxyl groups excluding tert-OH is 1. The van der Waals surface area contributed by atoms with Crippen LogP contribution in [0.25, 0.3) is 0 Å². The molecule has 1 rings (SSSR count). The molecule has 0 aromatic heterocycles. The quantitative estimate of drug-likeness (QED) is 0.618. The first-order valence-electron chi connectivity index (χ1n) is 4.69. The summed E-state index contributed by atoms with van der Waals surface area (Å²) in [5, 5.41) is 9.21. The van der Waals surface area contributed by atoms with Crippen molar-refractivity contribution in [3.63, 3.8) is 0 Å². The molecule has 66 valence electrons. The summed E-state index contributed by atoms with van der Waals surface area (Å²) in [4.78, 5) is 0. The lowest BCUT2D eigenvalue weighted by Gasteiger charge is -2.40. The van der Waals surface area contributed by atoms with E-state index in [0.29, 0.717) is 12.5 Å². The molecule has 0 heterocycles. The molecule has 0 saturated heterocycles. The Balaban J connectivity index is 2.56. The van der Waals surface area contributed by atoms with Crippen LogP contribution in [0.5, 0.6) is 0 Å². The van der Waals surface area contributed by atoms with Gasteiger partial charge in [0.25, 0.3) is 0 Å². The van der Waals surface area contributed by atoms with Crippen molar-refractivity contribution in [2.45, 2.75) is 40.0 Å². The van der Waals surface area contributed by atoms with Crippen molar-refractivity contribution in [3.05, 3.63) is 0 Å². The van der Waals surface area contributed by atoms with E-state index in [4.69, 9.17) is 0 Å². The van der Waals surface area contributed by atoms with Crippen LogP contribution in [0.3, 0.4) is 0 Å². The van der Waals surface area contributed by atoms with Crippen LogP contribution in [0, 0.1) is 17.3 Å². The summed E-state index contributed by atoms with van der Waals surface area (Å²) in [6.07, 6.45) is 3.78. The molecule has 0 amide bonds. The van der Waals surface area contributed by atoms with Crippen molar-refractivity contribution in [1.29, 1.82) is 0 Å². The van der Waals surface area contributed by atoms with E-state index in [9.17, 15) is 5.11 Å². The summed E-state index contributed by atoms with van der Waals surface area (Å²) < 4.78 is 0. The molecule has 0 aromatic carbocycles. The normalized spacial score (nSPS) is 45.8. The van der Waals surface area contributed by atoms with Gasteiger partial charge in [-0.2, -0.15) is 0 Å². The van der Waals surface area contributed by atoms with Crippen LogP contribution in [0.15, 0.2) is 0 Å². The van der Waals surface area contributed by atoms with Gasteiger partial charge in [-0.15, -0.1) is 0 Å². The number of rotatable bonds is 1. The molecular formula is C10H20O. The molecule has 0 unspecified atom stereocenters. The van der Waals surface area contributed by atoms with E-state index in [1.165, 1.54) is 19.3 Å². The average Bonchev–Trinajstić information content (AvgIpc) is 1.98. The summed E-state index contributed by atoms with van der Waals surface area (Å²) in [6, 6.07) is 0. The lowest BCUT2D eigenvalue weighted by atomic mass is 9.66. The Labute approximate surface area is 69.8 Å². The van der Waals surface area contributed by atoms with Gasteiger partial charge in [0.15, 0.2) is 0 Å². The van der Waals surface area contributed by atoms with Crippen molar-refractivity contribution < 1.29 is 5.11 Å². The smallest absolute Gasteiger partial charge is 0.0487 e. The molecule has 0 bridgehead atoms. The molecule has 0 aliphatic heterocycles. The molecule has 1 aliphatic carbocycles. The van der Waals surface area contributed by atoms with E-state index in [1.807, 2.05) is 0 Å². The molecule has 1 heteroatoms. The fourth-order valence-electron chi connectivity index (χ4n) is 2.06. The van der Waals surface area contributed by atoms with Crippen molar-refractivity contribution in [1.82, 2.24) is 0 Å². The molecule has 0 aromatic rings. The van der Waals surface area contributed by atoms with Crippen LogP contribution >= 0.6 is 0 Å². The van der Waals surface area contributed by atoms with Gasteiger partial charge in [0.1, 0.15) is 0 Å². The largest absolute Gasteiger partial charge is 0.396 e. The first-order chi connectivity index (χ1) is 5.08. The molecule has 0 spiro atoms. The molecule has 3 atom stereocenters. The van der Waals surface area contributed by atoms with Crippen LogP contribution in [-0.4, -0.2) is 11.7 Å². The maximum Gasteiger partial charge on any atom is 0.0487 e. The van der Waals surface area contributed by atoms with Gasteiger partial charge >= 0.3 is 0 Å². The highest BCUT2D eigenvalue weighted by molar-refractivity contribution is 4.85. The van der Waals surface area contributed by atoms with E-state index < -0.39 is 0 Å². The molecule has 1 aliphatic rings. The summed E-state index contributed by atoms with van der Waals surface area (Å²) in [7, 11) is 0. The summed E-state index contributed by atoms with van der Waals surface area (Å²) in [5.74, 6) is 1.56. The third-order valence-electron chi connectivity index (χ3n) is 3.52. The third kappa shape index (κ3) is 1.76. The molecule has 1 N–H and O–H groups in total. The monoisotopic (exact) mass is 156 g/mol. The lowest BCUT2D eigenvalue weighted by molar-refractivity contribution is 0.0323. The van der Waals surface area contributed by atoms with E-state index in [-0.39, 0.29) is 5.41 Å². The van der Waals surface area contributed by atoms with Gasteiger partial charge in [0, 0.05) is 6.61 Å². The molecular weight excluding hydrogens is 136 g/mol. The predicted molar refractivity (Wildman–Crippen MR) is 47.4 cm³/mol. The topological polar surface area (TPSA) is 20.2 Å². The summed E-state index contributed by atoms with van der Waals surface area (Å²) in [6.45, 7) is 7.16. The zero-order valence-corrected chi connectivity index (χ0v) is 7.93. The number of hydrogen-bond donors (Lipinski definition) is 1. The van der Waals surface area contributed by atoms with Gasteiger partial charge in [0.2, 0.25) is 0 Å². The van der Waals surface area contributed by atoms with Crippen LogP contribution in [0.2, 0.25) is 0 Å². The molecule has 1 nitrogen and oxygen atoms in total. The first kappa shape index (κ1) is 9.05. The Kier molecular flexibility index (Phi) is 2.58. The fourth-order valence-corrected chi connectivity index (χ4v) is 2.06. The molecule has 11 heavy (non-hydrogen) atoms. The van der Waals surface area contributed by atoms with Crippen molar-refractivity contribution in [2.75, 3.05) is 6.61 Å². The highest BCUT2D eigenvalue weighted by Gasteiger charge is 2.35. The Hall–Kier alpha value is -0.0400. The van der Waals surface area contributed by atoms with E-state index in [2.05, 4.69) is 20.8 Å². The van der Waals surface area contributed by atoms with Gasteiger partial charge in [-0.1, -0.05) is 27.2 Å². The first-order valence-corrected chi connectivity index (χ1v) is 4.69.